The van der Waals surface area contributed by atoms with Crippen LogP contribution in [0.25, 0.3) is 0 Å². The van der Waals surface area contributed by atoms with Gasteiger partial charge >= 0.3 is 0 Å². The summed E-state index contributed by atoms with van der Waals surface area (Å²) in [6.45, 7) is 7.47. The van der Waals surface area contributed by atoms with E-state index in [4.69, 9.17) is 4.74 Å². The van der Waals surface area contributed by atoms with Crippen LogP contribution in [0, 0.1) is 11.3 Å². The van der Waals surface area contributed by atoms with Crippen LogP contribution in [0.2, 0.25) is 0 Å². The molecule has 2 N–H and O–H groups in total. The molecule has 5 heteroatoms. The molecular formula is C14H27ClN2O2. The van der Waals surface area contributed by atoms with Crippen molar-refractivity contribution >= 4 is 18.3 Å². The summed E-state index contributed by atoms with van der Waals surface area (Å²) >= 11 is 0. The topological polar surface area (TPSA) is 50.4 Å². The van der Waals surface area contributed by atoms with Crippen LogP contribution < -0.4 is 10.6 Å². The Morgan fingerprint density at radius 3 is 2.68 bits per heavy atom. The average Bonchev–Trinajstić information content (AvgIpc) is 2.32. The summed E-state index contributed by atoms with van der Waals surface area (Å²) in [5, 5.41) is 6.28. The fourth-order valence-corrected chi connectivity index (χ4v) is 3.12. The van der Waals surface area contributed by atoms with Crippen LogP contribution in [0.15, 0.2) is 0 Å². The summed E-state index contributed by atoms with van der Waals surface area (Å²) < 4.78 is 5.46. The third-order valence-electron chi connectivity index (χ3n) is 4.11. The summed E-state index contributed by atoms with van der Waals surface area (Å²) in [5.41, 5.74) is 0.367. The van der Waals surface area contributed by atoms with E-state index >= 15 is 0 Å². The molecule has 0 aromatic carbocycles. The first-order valence-corrected chi connectivity index (χ1v) is 7.21. The van der Waals surface area contributed by atoms with E-state index in [0.29, 0.717) is 24.5 Å². The predicted octanol–water partition coefficient (Wildman–Crippen LogP) is 1.73. The summed E-state index contributed by atoms with van der Waals surface area (Å²) in [5.74, 6) is 0.757. The van der Waals surface area contributed by atoms with E-state index in [1.807, 2.05) is 0 Å². The first kappa shape index (κ1) is 16.7. The molecule has 1 unspecified atom stereocenters. The fraction of sp³-hybridized carbons (Fsp3) is 0.929. The second kappa shape index (κ2) is 7.46. The molecule has 2 rings (SSSR count). The molecule has 0 bridgehead atoms. The van der Waals surface area contributed by atoms with Gasteiger partial charge < -0.3 is 15.4 Å². The van der Waals surface area contributed by atoms with Crippen molar-refractivity contribution < 1.29 is 9.53 Å². The van der Waals surface area contributed by atoms with Crippen LogP contribution in [0.3, 0.4) is 0 Å². The number of morpholine rings is 1. The zero-order valence-corrected chi connectivity index (χ0v) is 12.9. The molecule has 2 aliphatic rings. The van der Waals surface area contributed by atoms with Crippen molar-refractivity contribution in [1.29, 1.82) is 0 Å². The summed E-state index contributed by atoms with van der Waals surface area (Å²) in [4.78, 5) is 12.0. The molecule has 1 aliphatic heterocycles. The summed E-state index contributed by atoms with van der Waals surface area (Å²) in [6.07, 6.45) is 4.75. The molecule has 1 aliphatic carbocycles. The molecule has 2 fully saturated rings. The maximum absolute atomic E-state index is 12.0. The molecular weight excluding hydrogens is 264 g/mol. The first-order chi connectivity index (χ1) is 8.61. The van der Waals surface area contributed by atoms with Gasteiger partial charge in [-0.05, 0) is 30.6 Å². The average molecular weight is 291 g/mol. The lowest BCUT2D eigenvalue weighted by Crippen LogP contribution is -2.51. The Bertz CT molecular complexity index is 287. The van der Waals surface area contributed by atoms with Gasteiger partial charge in [-0.2, -0.15) is 0 Å². The van der Waals surface area contributed by atoms with Gasteiger partial charge in [0.15, 0.2) is 0 Å². The number of nitrogens with one attached hydrogen (secondary N) is 2. The second-order valence-electron chi connectivity index (χ2n) is 6.23. The van der Waals surface area contributed by atoms with Crippen molar-refractivity contribution in [2.75, 3.05) is 26.2 Å². The van der Waals surface area contributed by atoms with Gasteiger partial charge in [0.1, 0.15) is 6.10 Å². The monoisotopic (exact) mass is 290 g/mol. The van der Waals surface area contributed by atoms with E-state index in [9.17, 15) is 4.79 Å². The Balaban J connectivity index is 0.00000180. The summed E-state index contributed by atoms with van der Waals surface area (Å²) in [7, 11) is 0. The van der Waals surface area contributed by atoms with Gasteiger partial charge in [-0.15, -0.1) is 12.4 Å². The smallest absolute Gasteiger partial charge is 0.250 e. The van der Waals surface area contributed by atoms with Crippen molar-refractivity contribution in [3.05, 3.63) is 0 Å². The summed E-state index contributed by atoms with van der Waals surface area (Å²) in [6, 6.07) is 0. The highest BCUT2D eigenvalue weighted by Gasteiger charge is 2.38. The Morgan fingerprint density at radius 2 is 2.21 bits per heavy atom. The molecule has 4 nitrogen and oxygen atoms in total. The van der Waals surface area contributed by atoms with Crippen molar-refractivity contribution in [3.8, 4) is 0 Å². The van der Waals surface area contributed by atoms with Gasteiger partial charge in [0.25, 0.3) is 0 Å². The normalized spacial score (nSPS) is 25.3. The molecule has 112 valence electrons. The van der Waals surface area contributed by atoms with Crippen molar-refractivity contribution in [3.63, 3.8) is 0 Å². The van der Waals surface area contributed by atoms with Gasteiger partial charge in [-0.3, -0.25) is 4.79 Å². The SMILES string of the molecule is CC(C)CC1(CNC(=O)C2CNCCO2)CCC1.Cl. The highest BCUT2D eigenvalue weighted by atomic mass is 35.5. The largest absolute Gasteiger partial charge is 0.366 e. The van der Waals surface area contributed by atoms with E-state index in [2.05, 4.69) is 24.5 Å². The Morgan fingerprint density at radius 1 is 1.47 bits per heavy atom. The number of halogens is 1. The Kier molecular flexibility index (Phi) is 6.57. The fourth-order valence-electron chi connectivity index (χ4n) is 3.12. The molecule has 0 aromatic rings. The molecule has 1 atom stereocenters. The lowest BCUT2D eigenvalue weighted by Gasteiger charge is -2.43. The van der Waals surface area contributed by atoms with E-state index in [1.165, 1.54) is 25.7 Å². The molecule has 0 radical (unpaired) electrons. The van der Waals surface area contributed by atoms with Crippen LogP contribution in [-0.4, -0.2) is 38.3 Å². The maximum Gasteiger partial charge on any atom is 0.250 e. The highest BCUT2D eigenvalue weighted by molar-refractivity contribution is 5.85. The highest BCUT2D eigenvalue weighted by Crippen LogP contribution is 2.45. The number of ether oxygens (including phenoxy) is 1. The van der Waals surface area contributed by atoms with Crippen LogP contribution in [0.1, 0.15) is 39.5 Å². The molecule has 0 aromatic heterocycles. The van der Waals surface area contributed by atoms with Crippen molar-refractivity contribution in [2.45, 2.75) is 45.6 Å². The van der Waals surface area contributed by atoms with Gasteiger partial charge in [-0.1, -0.05) is 20.3 Å². The third kappa shape index (κ3) is 4.62. The number of amides is 1. The van der Waals surface area contributed by atoms with Crippen molar-refractivity contribution in [1.82, 2.24) is 10.6 Å². The lowest BCUT2D eigenvalue weighted by molar-refractivity contribution is -0.135. The number of hydrogen-bond donors (Lipinski definition) is 2. The Labute approximate surface area is 122 Å². The van der Waals surface area contributed by atoms with Crippen LogP contribution in [0.4, 0.5) is 0 Å². The van der Waals surface area contributed by atoms with E-state index in [-0.39, 0.29) is 24.4 Å². The van der Waals surface area contributed by atoms with Gasteiger partial charge in [0.2, 0.25) is 5.91 Å². The van der Waals surface area contributed by atoms with Crippen LogP contribution in [-0.2, 0) is 9.53 Å². The minimum absolute atomic E-state index is 0. The van der Waals surface area contributed by atoms with Crippen LogP contribution >= 0.6 is 12.4 Å². The Hall–Kier alpha value is -0.320. The van der Waals surface area contributed by atoms with Gasteiger partial charge in [-0.25, -0.2) is 0 Å². The van der Waals surface area contributed by atoms with E-state index in [0.717, 1.165) is 13.1 Å². The minimum atomic E-state index is -0.296. The van der Waals surface area contributed by atoms with Crippen molar-refractivity contribution in [2.24, 2.45) is 11.3 Å². The number of carbonyl (C=O) groups excluding carboxylic acids is 1. The standard InChI is InChI=1S/C14H26N2O2.ClH/c1-11(2)8-14(4-3-5-14)10-16-13(17)12-9-15-6-7-18-12;/h11-12,15H,3-10H2,1-2H3,(H,16,17);1H. The number of hydrogen-bond acceptors (Lipinski definition) is 3. The van der Waals surface area contributed by atoms with E-state index < -0.39 is 0 Å². The molecule has 0 spiro atoms. The van der Waals surface area contributed by atoms with Crippen LogP contribution in [0.5, 0.6) is 0 Å². The number of carbonyl (C=O) groups is 1. The van der Waals surface area contributed by atoms with E-state index in [1.54, 1.807) is 0 Å². The quantitative estimate of drug-likeness (QED) is 0.811. The zero-order valence-electron chi connectivity index (χ0n) is 12.0. The number of rotatable bonds is 5. The molecule has 1 saturated carbocycles. The second-order valence-corrected chi connectivity index (χ2v) is 6.23. The molecule has 19 heavy (non-hydrogen) atoms. The molecule has 1 amide bonds. The zero-order chi connectivity index (χ0) is 13.0. The van der Waals surface area contributed by atoms with Gasteiger partial charge in [0, 0.05) is 19.6 Å². The molecule has 1 saturated heterocycles. The minimum Gasteiger partial charge on any atom is -0.366 e. The maximum atomic E-state index is 12.0. The predicted molar refractivity (Wildman–Crippen MR) is 78.6 cm³/mol. The third-order valence-corrected chi connectivity index (χ3v) is 4.11. The molecule has 1 heterocycles. The lowest BCUT2D eigenvalue weighted by atomic mass is 9.64. The van der Waals surface area contributed by atoms with Gasteiger partial charge in [0.05, 0.1) is 6.61 Å². The first-order valence-electron chi connectivity index (χ1n) is 7.21.